The van der Waals surface area contributed by atoms with E-state index < -0.39 is 11.7 Å². The number of rotatable bonds is 4. The maximum atomic E-state index is 12.7. The fraction of sp³-hybridized carbons (Fsp3) is 0.0909. The fourth-order valence-electron chi connectivity index (χ4n) is 2.91. The van der Waals surface area contributed by atoms with Gasteiger partial charge in [0.05, 0.1) is 11.8 Å². The summed E-state index contributed by atoms with van der Waals surface area (Å²) in [5.41, 5.74) is 1.73. The third-order valence-corrected chi connectivity index (χ3v) is 4.64. The molecule has 0 spiro atoms. The molecule has 0 aliphatic rings. The highest BCUT2D eigenvalue weighted by Gasteiger charge is 2.30. The highest BCUT2D eigenvalue weighted by molar-refractivity contribution is 6.30. The van der Waals surface area contributed by atoms with E-state index in [2.05, 4.69) is 4.98 Å². The molecule has 8 heteroatoms. The highest BCUT2D eigenvalue weighted by atomic mass is 79.9. The van der Waals surface area contributed by atoms with Crippen LogP contribution in [0, 0.1) is 0 Å². The molecule has 4 rings (SSSR count). The minimum absolute atomic E-state index is 0. The van der Waals surface area contributed by atoms with Gasteiger partial charge in [-0.2, -0.15) is 17.7 Å². The standard InChI is InChI=1S/C22H15ClF3N2O.BrH/c23-19-9-5-16(6-10-19)20-12-27-21(29-20)17-2-1-11-28(14-17)13-15-3-7-18(8-4-15)22(24,25)26;/h1-12,14H,13H2;1H/q+1;/p-1. The summed E-state index contributed by atoms with van der Waals surface area (Å²) in [7, 11) is 0. The average Bonchev–Trinajstić information content (AvgIpc) is 3.19. The summed E-state index contributed by atoms with van der Waals surface area (Å²) < 4.78 is 45.8. The van der Waals surface area contributed by atoms with Gasteiger partial charge in [0.1, 0.15) is 5.56 Å². The van der Waals surface area contributed by atoms with Crippen LogP contribution in [-0.4, -0.2) is 4.98 Å². The number of oxazole rings is 1. The van der Waals surface area contributed by atoms with Crippen LogP contribution in [0.4, 0.5) is 13.2 Å². The van der Waals surface area contributed by atoms with E-state index in [0.717, 1.165) is 28.8 Å². The second-order valence-electron chi connectivity index (χ2n) is 6.50. The zero-order valence-corrected chi connectivity index (χ0v) is 17.7. The second-order valence-corrected chi connectivity index (χ2v) is 6.93. The van der Waals surface area contributed by atoms with Gasteiger partial charge in [0.15, 0.2) is 24.7 Å². The number of hydrogen-bond donors (Lipinski definition) is 0. The van der Waals surface area contributed by atoms with Crippen LogP contribution in [0.2, 0.25) is 5.02 Å². The van der Waals surface area contributed by atoms with Crippen LogP contribution < -0.4 is 21.5 Å². The number of nitrogens with zero attached hydrogens (tertiary/aromatic N) is 2. The monoisotopic (exact) mass is 494 g/mol. The largest absolute Gasteiger partial charge is 1.00 e. The lowest BCUT2D eigenvalue weighted by atomic mass is 10.1. The molecule has 0 atom stereocenters. The predicted molar refractivity (Wildman–Crippen MR) is 103 cm³/mol. The van der Waals surface area contributed by atoms with E-state index in [9.17, 15) is 13.2 Å². The van der Waals surface area contributed by atoms with E-state index in [4.69, 9.17) is 16.0 Å². The predicted octanol–water partition coefficient (Wildman–Crippen LogP) is 3.02. The first kappa shape index (κ1) is 22.1. The van der Waals surface area contributed by atoms with Crippen molar-refractivity contribution in [3.8, 4) is 22.8 Å². The van der Waals surface area contributed by atoms with Gasteiger partial charge in [0.2, 0.25) is 5.89 Å². The van der Waals surface area contributed by atoms with Crippen molar-refractivity contribution in [3.63, 3.8) is 0 Å². The van der Waals surface area contributed by atoms with Crippen molar-refractivity contribution >= 4 is 11.6 Å². The third-order valence-electron chi connectivity index (χ3n) is 4.39. The Morgan fingerprint density at radius 1 is 0.933 bits per heavy atom. The molecule has 0 saturated heterocycles. The SMILES string of the molecule is FC(F)(F)c1ccc(C[n+]2cccc(-c3ncc(-c4ccc(Cl)cc4)o3)c2)cc1.[Br-]. The molecule has 0 bridgehead atoms. The van der Waals surface area contributed by atoms with E-state index in [1.807, 2.05) is 41.2 Å². The van der Waals surface area contributed by atoms with Gasteiger partial charge < -0.3 is 21.4 Å². The Balaban J connectivity index is 0.00000256. The van der Waals surface area contributed by atoms with Crippen molar-refractivity contribution in [1.29, 1.82) is 0 Å². The molecule has 30 heavy (non-hydrogen) atoms. The third kappa shape index (κ3) is 5.09. The maximum Gasteiger partial charge on any atom is 0.416 e. The minimum atomic E-state index is -4.33. The Hall–Kier alpha value is -2.64. The average molecular weight is 496 g/mol. The summed E-state index contributed by atoms with van der Waals surface area (Å²) in [5.74, 6) is 1.08. The van der Waals surface area contributed by atoms with Gasteiger partial charge in [0.25, 0.3) is 0 Å². The molecule has 0 saturated carbocycles. The molecular weight excluding hydrogens is 481 g/mol. The molecule has 0 amide bonds. The quantitative estimate of drug-likeness (QED) is 0.408. The molecule has 0 N–H and O–H groups in total. The second kappa shape index (κ2) is 9.02. The van der Waals surface area contributed by atoms with Crippen molar-refractivity contribution in [2.75, 3.05) is 0 Å². The summed E-state index contributed by atoms with van der Waals surface area (Å²) in [6, 6.07) is 16.1. The normalized spacial score (nSPS) is 11.2. The topological polar surface area (TPSA) is 29.9 Å². The van der Waals surface area contributed by atoms with E-state index in [-0.39, 0.29) is 17.0 Å². The fourth-order valence-corrected chi connectivity index (χ4v) is 3.04. The van der Waals surface area contributed by atoms with Crippen LogP contribution in [0.3, 0.4) is 0 Å². The summed E-state index contributed by atoms with van der Waals surface area (Å²) in [6.45, 7) is 0.427. The first-order valence-corrected chi connectivity index (χ1v) is 9.14. The zero-order valence-electron chi connectivity index (χ0n) is 15.4. The summed E-state index contributed by atoms with van der Waals surface area (Å²) in [6.07, 6.45) is 0.990. The molecule has 4 aromatic rings. The molecule has 0 unspecified atom stereocenters. The molecule has 0 aliphatic carbocycles. The summed E-state index contributed by atoms with van der Waals surface area (Å²) in [5, 5.41) is 0.640. The van der Waals surface area contributed by atoms with Gasteiger partial charge >= 0.3 is 6.18 Å². The zero-order chi connectivity index (χ0) is 20.4. The van der Waals surface area contributed by atoms with Crippen LogP contribution in [-0.2, 0) is 12.7 Å². The molecule has 154 valence electrons. The molecule has 0 fully saturated rings. The number of benzene rings is 2. The lowest BCUT2D eigenvalue weighted by Crippen LogP contribution is -3.00. The smallest absolute Gasteiger partial charge is 0.416 e. The van der Waals surface area contributed by atoms with Crippen molar-refractivity contribution < 1.29 is 39.1 Å². The Bertz CT molecular complexity index is 1130. The van der Waals surface area contributed by atoms with Crippen LogP contribution in [0.15, 0.2) is 83.7 Å². The Morgan fingerprint density at radius 3 is 2.30 bits per heavy atom. The molecular formula is C22H15BrClF3N2O. The van der Waals surface area contributed by atoms with Crippen LogP contribution in [0.5, 0.6) is 0 Å². The van der Waals surface area contributed by atoms with Gasteiger partial charge in [0, 0.05) is 22.2 Å². The Labute approximate surface area is 186 Å². The molecule has 2 aromatic heterocycles. The highest BCUT2D eigenvalue weighted by Crippen LogP contribution is 2.29. The lowest BCUT2D eigenvalue weighted by Gasteiger charge is -2.06. The lowest BCUT2D eigenvalue weighted by molar-refractivity contribution is -0.687. The van der Waals surface area contributed by atoms with Crippen LogP contribution in [0.25, 0.3) is 22.8 Å². The molecule has 3 nitrogen and oxygen atoms in total. The van der Waals surface area contributed by atoms with E-state index in [1.165, 1.54) is 12.1 Å². The van der Waals surface area contributed by atoms with Crippen molar-refractivity contribution in [3.05, 3.63) is 95.4 Å². The number of aromatic nitrogens is 2. The molecule has 2 heterocycles. The number of pyridine rings is 1. The van der Waals surface area contributed by atoms with Crippen LogP contribution in [0.1, 0.15) is 11.1 Å². The van der Waals surface area contributed by atoms with Crippen molar-refractivity contribution in [1.82, 2.24) is 4.98 Å². The number of alkyl halides is 3. The van der Waals surface area contributed by atoms with Gasteiger partial charge in [-0.15, -0.1) is 0 Å². The Kier molecular flexibility index (Phi) is 6.63. The van der Waals surface area contributed by atoms with Crippen molar-refractivity contribution in [2.45, 2.75) is 12.7 Å². The first-order chi connectivity index (χ1) is 13.9. The van der Waals surface area contributed by atoms with Crippen LogP contribution >= 0.6 is 11.6 Å². The van der Waals surface area contributed by atoms with E-state index in [1.54, 1.807) is 18.3 Å². The van der Waals surface area contributed by atoms with E-state index >= 15 is 0 Å². The molecule has 2 aromatic carbocycles. The summed E-state index contributed by atoms with van der Waals surface area (Å²) >= 11 is 5.91. The number of hydrogen-bond acceptors (Lipinski definition) is 2. The molecule has 0 radical (unpaired) electrons. The number of halogens is 5. The van der Waals surface area contributed by atoms with Gasteiger partial charge in [-0.3, -0.25) is 0 Å². The van der Waals surface area contributed by atoms with Gasteiger partial charge in [-0.1, -0.05) is 23.7 Å². The van der Waals surface area contributed by atoms with Crippen molar-refractivity contribution in [2.24, 2.45) is 0 Å². The van der Waals surface area contributed by atoms with Gasteiger partial charge in [-0.05, 0) is 42.5 Å². The molecule has 0 aliphatic heterocycles. The Morgan fingerprint density at radius 2 is 1.63 bits per heavy atom. The minimum Gasteiger partial charge on any atom is -1.00 e. The first-order valence-electron chi connectivity index (χ1n) is 8.76. The summed E-state index contributed by atoms with van der Waals surface area (Å²) in [4.78, 5) is 4.33. The van der Waals surface area contributed by atoms with E-state index in [0.29, 0.717) is 23.2 Å². The van der Waals surface area contributed by atoms with Gasteiger partial charge in [-0.25, -0.2) is 4.98 Å². The maximum absolute atomic E-state index is 12.7.